The molecule has 2 N–H and O–H groups in total. The number of nitriles is 1. The molecular weight excluding hydrogens is 521 g/mol. The molecule has 0 aliphatic heterocycles. The van der Waals surface area contributed by atoms with E-state index in [9.17, 15) is 23.2 Å². The van der Waals surface area contributed by atoms with Gasteiger partial charge >= 0.3 is 6.18 Å². The number of hydrogen-bond acceptors (Lipinski definition) is 4. The topological polar surface area (TPSA) is 88.0 Å². The van der Waals surface area contributed by atoms with E-state index in [2.05, 4.69) is 5.32 Å². The van der Waals surface area contributed by atoms with Crippen molar-refractivity contribution in [2.45, 2.75) is 11.8 Å². The lowest BCUT2D eigenvalue weighted by Crippen LogP contribution is -2.39. The molecule has 5 nitrogen and oxygen atoms in total. The molecule has 1 atom stereocenters. The van der Waals surface area contributed by atoms with E-state index in [4.69, 9.17) is 40.1 Å². The maximum absolute atomic E-state index is 15.6. The van der Waals surface area contributed by atoms with Gasteiger partial charge in [-0.25, -0.2) is 4.39 Å². The van der Waals surface area contributed by atoms with Gasteiger partial charge in [-0.05, 0) is 42.5 Å². The molecule has 0 aliphatic rings. The van der Waals surface area contributed by atoms with Crippen molar-refractivity contribution in [1.29, 1.82) is 5.26 Å². The normalized spacial score (nSPS) is 13.0. The van der Waals surface area contributed by atoms with Gasteiger partial charge in [0.25, 0.3) is 11.6 Å². The Hall–Kier alpha value is -3.03. The summed E-state index contributed by atoms with van der Waals surface area (Å²) in [4.78, 5) is 12.6. The highest BCUT2D eigenvalue weighted by Crippen LogP contribution is 2.50. The second-order valence-electron chi connectivity index (χ2n) is 6.91. The zero-order valence-corrected chi connectivity index (χ0v) is 18.9. The maximum Gasteiger partial charge on any atom is 0.431 e. The summed E-state index contributed by atoms with van der Waals surface area (Å²) in [5, 5.41) is 21.4. The second-order valence-corrected chi connectivity index (χ2v) is 8.16. The lowest BCUT2D eigenvalue weighted by molar-refractivity contribution is -0.219. The Morgan fingerprint density at radius 2 is 1.50 bits per heavy atom. The molecule has 3 aromatic rings. The minimum atomic E-state index is -5.39. The lowest BCUT2D eigenvalue weighted by atomic mass is 9.87. The van der Waals surface area contributed by atoms with Crippen LogP contribution in [0.15, 0.2) is 54.6 Å². The summed E-state index contributed by atoms with van der Waals surface area (Å²) in [6, 6.07) is 10.7. The molecule has 34 heavy (non-hydrogen) atoms. The van der Waals surface area contributed by atoms with E-state index in [-0.39, 0.29) is 27.5 Å². The van der Waals surface area contributed by atoms with E-state index in [1.165, 1.54) is 17.6 Å². The average Bonchev–Trinajstić information content (AvgIpc) is 2.79. The Bertz CT molecular complexity index is 1270. The Balaban J connectivity index is 2.02. The van der Waals surface area contributed by atoms with Crippen LogP contribution in [0.25, 0.3) is 0 Å². The van der Waals surface area contributed by atoms with Gasteiger partial charge in [-0.2, -0.15) is 18.4 Å². The summed E-state index contributed by atoms with van der Waals surface area (Å²) < 4.78 is 57.3. The number of alkyl halides is 4. The van der Waals surface area contributed by atoms with Crippen molar-refractivity contribution in [1.82, 2.24) is 0 Å². The largest absolute Gasteiger partial charge is 0.761 e. The summed E-state index contributed by atoms with van der Waals surface area (Å²) in [6.45, 7) is 0. The Labute approximate surface area is 205 Å². The fourth-order valence-corrected chi connectivity index (χ4v) is 3.83. The first-order valence-electron chi connectivity index (χ1n) is 9.17. The number of anilines is 2. The van der Waals surface area contributed by atoms with Gasteiger partial charge in [0.2, 0.25) is 0 Å². The van der Waals surface area contributed by atoms with Crippen LogP contribution < -0.4 is 10.8 Å². The van der Waals surface area contributed by atoms with Gasteiger partial charge in [0.1, 0.15) is 6.07 Å². The fourth-order valence-electron chi connectivity index (χ4n) is 3.12. The summed E-state index contributed by atoms with van der Waals surface area (Å²) in [7, 11) is 0. The van der Waals surface area contributed by atoms with Gasteiger partial charge in [0, 0.05) is 27.4 Å². The maximum atomic E-state index is 15.6. The molecule has 0 heterocycles. The van der Waals surface area contributed by atoms with Crippen LogP contribution in [0.5, 0.6) is 0 Å². The lowest BCUT2D eigenvalue weighted by Gasteiger charge is -2.29. The highest BCUT2D eigenvalue weighted by atomic mass is 35.5. The number of rotatable bonds is 5. The van der Waals surface area contributed by atoms with E-state index in [0.29, 0.717) is 12.1 Å². The first-order chi connectivity index (χ1) is 15.9. The quantitative estimate of drug-likeness (QED) is 0.264. The van der Waals surface area contributed by atoms with Crippen LogP contribution >= 0.6 is 34.8 Å². The SMILES string of the molecule is N#Cc1ccc(C(=O)Nc2c(Cl)cc(C(F)(c3ccc(Cl)cc3)C(F)(F)F)cc2Cl)cc1N[O-]. The van der Waals surface area contributed by atoms with Crippen molar-refractivity contribution in [3.8, 4) is 6.07 Å². The third-order valence-corrected chi connectivity index (χ3v) is 5.67. The zero-order chi connectivity index (χ0) is 25.3. The van der Waals surface area contributed by atoms with Gasteiger partial charge in [-0.1, -0.05) is 46.9 Å². The van der Waals surface area contributed by atoms with E-state index in [1.807, 2.05) is 0 Å². The number of carbonyl (C=O) groups excluding carboxylic acids is 1. The van der Waals surface area contributed by atoms with Crippen molar-refractivity contribution in [3.05, 3.63) is 97.1 Å². The number of nitrogens with one attached hydrogen (secondary N) is 2. The van der Waals surface area contributed by atoms with Crippen molar-refractivity contribution in [2.24, 2.45) is 0 Å². The molecular formula is C22H11Cl3F4N3O2-. The molecule has 0 spiro atoms. The molecule has 0 radical (unpaired) electrons. The smallest absolute Gasteiger partial charge is 0.431 e. The molecule has 1 unspecified atom stereocenters. The minimum Gasteiger partial charge on any atom is -0.761 e. The standard InChI is InChI=1S/C22H11Cl3F4N3O2/c23-15-5-3-13(4-6-15)21(26,22(27,28)29)14-8-16(24)19(17(25)9-14)31-20(33)11-1-2-12(10-30)18(7-11)32-34/h1-9,32H,(H,31,33)/q-1. The van der Waals surface area contributed by atoms with Crippen molar-refractivity contribution in [3.63, 3.8) is 0 Å². The number of nitrogens with zero attached hydrogens (tertiary/aromatic N) is 1. The minimum absolute atomic E-state index is 0.0133. The van der Waals surface area contributed by atoms with Crippen LogP contribution in [0, 0.1) is 16.5 Å². The number of carbonyl (C=O) groups is 1. The molecule has 1 amide bonds. The molecule has 0 saturated carbocycles. The molecule has 0 bridgehead atoms. The number of benzene rings is 3. The second kappa shape index (κ2) is 9.68. The van der Waals surface area contributed by atoms with Crippen LogP contribution in [-0.4, -0.2) is 12.1 Å². The van der Waals surface area contributed by atoms with Crippen molar-refractivity contribution >= 4 is 52.1 Å². The average molecular weight is 532 g/mol. The van der Waals surface area contributed by atoms with Crippen LogP contribution in [-0.2, 0) is 5.67 Å². The molecule has 0 aromatic heterocycles. The van der Waals surface area contributed by atoms with Crippen LogP contribution in [0.3, 0.4) is 0 Å². The van der Waals surface area contributed by atoms with Crippen LogP contribution in [0.2, 0.25) is 15.1 Å². The van der Waals surface area contributed by atoms with Gasteiger partial charge in [0.15, 0.2) is 0 Å². The third kappa shape index (κ3) is 4.76. The highest BCUT2D eigenvalue weighted by molar-refractivity contribution is 6.40. The molecule has 0 aliphatic carbocycles. The summed E-state index contributed by atoms with van der Waals surface area (Å²) >= 11 is 17.9. The summed E-state index contributed by atoms with van der Waals surface area (Å²) in [6.07, 6.45) is -5.39. The van der Waals surface area contributed by atoms with Crippen molar-refractivity contribution in [2.75, 3.05) is 10.8 Å². The number of amides is 1. The Kier molecular flexibility index (Phi) is 7.29. The molecule has 0 fully saturated rings. The first kappa shape index (κ1) is 25.6. The zero-order valence-electron chi connectivity index (χ0n) is 16.6. The first-order valence-corrected chi connectivity index (χ1v) is 10.3. The Morgan fingerprint density at radius 3 is 2.00 bits per heavy atom. The van der Waals surface area contributed by atoms with E-state index >= 15 is 4.39 Å². The summed E-state index contributed by atoms with van der Waals surface area (Å²) in [5.41, 5.74) is -4.65. The number of hydrogen-bond donors (Lipinski definition) is 2. The monoisotopic (exact) mass is 530 g/mol. The van der Waals surface area contributed by atoms with Gasteiger partial charge in [0.05, 0.1) is 21.3 Å². The van der Waals surface area contributed by atoms with E-state index in [0.717, 1.165) is 30.3 Å². The van der Waals surface area contributed by atoms with Gasteiger partial charge in [-0.15, -0.1) is 0 Å². The number of halogens is 7. The molecule has 176 valence electrons. The molecule has 0 saturated heterocycles. The summed E-state index contributed by atoms with van der Waals surface area (Å²) in [5.74, 6) is -0.836. The Morgan fingerprint density at radius 1 is 0.912 bits per heavy atom. The van der Waals surface area contributed by atoms with E-state index in [1.54, 1.807) is 6.07 Å². The third-order valence-electron chi connectivity index (χ3n) is 4.82. The predicted octanol–water partition coefficient (Wildman–Crippen LogP) is 7.46. The fraction of sp³-hybridized carbons (Fsp3) is 0.0909. The highest BCUT2D eigenvalue weighted by Gasteiger charge is 2.58. The van der Waals surface area contributed by atoms with Gasteiger partial charge in [-0.3, -0.25) is 4.79 Å². The van der Waals surface area contributed by atoms with Crippen LogP contribution in [0.1, 0.15) is 27.0 Å². The van der Waals surface area contributed by atoms with E-state index < -0.39 is 38.9 Å². The van der Waals surface area contributed by atoms with Crippen LogP contribution in [0.4, 0.5) is 28.9 Å². The molecule has 3 rings (SSSR count). The predicted molar refractivity (Wildman–Crippen MR) is 122 cm³/mol. The molecule has 12 heteroatoms. The van der Waals surface area contributed by atoms with Gasteiger partial charge < -0.3 is 16.0 Å². The molecule has 3 aromatic carbocycles. The van der Waals surface area contributed by atoms with Crippen molar-refractivity contribution < 1.29 is 22.4 Å².